The van der Waals surface area contributed by atoms with Crippen LogP contribution in [-0.2, 0) is 4.79 Å². The summed E-state index contributed by atoms with van der Waals surface area (Å²) in [5.74, 6) is 0.158. The van der Waals surface area contributed by atoms with Crippen LogP contribution in [0.25, 0.3) is 0 Å². The predicted octanol–water partition coefficient (Wildman–Crippen LogP) is 3.14. The van der Waals surface area contributed by atoms with Crippen molar-refractivity contribution in [2.75, 3.05) is 44.2 Å². The van der Waals surface area contributed by atoms with Crippen LogP contribution in [0.2, 0.25) is 0 Å². The Kier molecular flexibility index (Phi) is 5.59. The molecule has 2 aromatic rings. The van der Waals surface area contributed by atoms with Crippen molar-refractivity contribution in [1.29, 1.82) is 0 Å². The molecule has 4 rings (SSSR count). The van der Waals surface area contributed by atoms with Crippen molar-refractivity contribution >= 4 is 28.6 Å². The highest BCUT2D eigenvalue weighted by Gasteiger charge is 2.31. The Hall–Kier alpha value is -2.45. The molecule has 2 aliphatic heterocycles. The lowest BCUT2D eigenvalue weighted by atomic mass is 10.2. The molecule has 0 N–H and O–H groups in total. The lowest BCUT2D eigenvalue weighted by Crippen LogP contribution is -2.51. The lowest BCUT2D eigenvalue weighted by Gasteiger charge is -2.37. The first-order valence-electron chi connectivity index (χ1n) is 9.67. The van der Waals surface area contributed by atoms with Crippen molar-refractivity contribution < 1.29 is 9.72 Å². The maximum absolute atomic E-state index is 12.8. The Balaban J connectivity index is 1.35. The molecule has 2 fully saturated rings. The van der Waals surface area contributed by atoms with Gasteiger partial charge >= 0.3 is 0 Å². The van der Waals surface area contributed by atoms with Crippen LogP contribution in [0.1, 0.15) is 23.8 Å². The monoisotopic (exact) mass is 400 g/mol. The fourth-order valence-corrected chi connectivity index (χ4v) is 5.07. The van der Waals surface area contributed by atoms with Crippen LogP contribution in [-0.4, -0.2) is 59.9 Å². The standard InChI is InChI=1S/C20H24N4O3S/c25-20(15-23-9-3-7-18(23)19-8-4-14-28-19)22-12-10-21(11-13-22)16-5-1-2-6-17(16)24(26)27/h1-2,4-6,8,14,18H,3,7,9-13,15H2. The molecule has 1 aromatic heterocycles. The normalized spacial score (nSPS) is 20.5. The average molecular weight is 401 g/mol. The maximum Gasteiger partial charge on any atom is 0.292 e. The zero-order valence-corrected chi connectivity index (χ0v) is 16.5. The van der Waals surface area contributed by atoms with E-state index in [1.54, 1.807) is 23.5 Å². The Morgan fingerprint density at radius 1 is 1.11 bits per heavy atom. The van der Waals surface area contributed by atoms with Crippen LogP contribution >= 0.6 is 11.3 Å². The number of para-hydroxylation sites is 2. The van der Waals surface area contributed by atoms with E-state index in [4.69, 9.17) is 0 Å². The van der Waals surface area contributed by atoms with Gasteiger partial charge in [-0.3, -0.25) is 19.8 Å². The van der Waals surface area contributed by atoms with Gasteiger partial charge in [0.1, 0.15) is 5.69 Å². The SMILES string of the molecule is O=C(CN1CCCC1c1cccs1)N1CCN(c2ccccc2[N+](=O)[O-])CC1. The Bertz CT molecular complexity index is 834. The molecular weight excluding hydrogens is 376 g/mol. The highest BCUT2D eigenvalue weighted by Crippen LogP contribution is 2.34. The largest absolute Gasteiger partial charge is 0.362 e. The summed E-state index contributed by atoms with van der Waals surface area (Å²) in [4.78, 5) is 31.3. The number of thiophene rings is 1. The summed E-state index contributed by atoms with van der Waals surface area (Å²) in [7, 11) is 0. The molecular formula is C20H24N4O3S. The molecule has 8 heteroatoms. The van der Waals surface area contributed by atoms with Crippen molar-refractivity contribution in [2.24, 2.45) is 0 Å². The van der Waals surface area contributed by atoms with Crippen LogP contribution in [0.5, 0.6) is 0 Å². The smallest absolute Gasteiger partial charge is 0.292 e. The van der Waals surface area contributed by atoms with Crippen molar-refractivity contribution in [3.05, 3.63) is 56.8 Å². The number of hydrogen-bond donors (Lipinski definition) is 0. The third-order valence-corrected chi connectivity index (χ3v) is 6.60. The van der Waals surface area contributed by atoms with E-state index in [0.717, 1.165) is 19.4 Å². The van der Waals surface area contributed by atoms with Gasteiger partial charge in [0.15, 0.2) is 0 Å². The summed E-state index contributed by atoms with van der Waals surface area (Å²) in [5.41, 5.74) is 0.759. The van der Waals surface area contributed by atoms with Crippen molar-refractivity contribution in [3.63, 3.8) is 0 Å². The fraction of sp³-hybridized carbons (Fsp3) is 0.450. The molecule has 1 unspecified atom stereocenters. The summed E-state index contributed by atoms with van der Waals surface area (Å²) in [6, 6.07) is 11.4. The lowest BCUT2D eigenvalue weighted by molar-refractivity contribution is -0.384. The fourth-order valence-electron chi connectivity index (χ4n) is 4.17. The van der Waals surface area contributed by atoms with Crippen molar-refractivity contribution in [3.8, 4) is 0 Å². The molecule has 2 saturated heterocycles. The van der Waals surface area contributed by atoms with Crippen LogP contribution in [0.15, 0.2) is 41.8 Å². The molecule has 0 saturated carbocycles. The highest BCUT2D eigenvalue weighted by molar-refractivity contribution is 7.10. The van der Waals surface area contributed by atoms with Gasteiger partial charge in [-0.15, -0.1) is 11.3 Å². The van der Waals surface area contributed by atoms with Gasteiger partial charge in [0, 0.05) is 43.2 Å². The second kappa shape index (κ2) is 8.28. The van der Waals surface area contributed by atoms with E-state index in [1.807, 2.05) is 15.9 Å². The number of piperazine rings is 1. The Labute approximate surface area is 168 Å². The van der Waals surface area contributed by atoms with E-state index in [1.165, 1.54) is 10.9 Å². The molecule has 7 nitrogen and oxygen atoms in total. The first-order valence-corrected chi connectivity index (χ1v) is 10.5. The van der Waals surface area contributed by atoms with Crippen LogP contribution in [0, 0.1) is 10.1 Å². The van der Waals surface area contributed by atoms with E-state index >= 15 is 0 Å². The second-order valence-corrected chi connectivity index (χ2v) is 8.24. The predicted molar refractivity (Wildman–Crippen MR) is 110 cm³/mol. The maximum atomic E-state index is 12.8. The van der Waals surface area contributed by atoms with Crippen LogP contribution < -0.4 is 4.90 Å². The van der Waals surface area contributed by atoms with Gasteiger partial charge in [-0.25, -0.2) is 0 Å². The van der Waals surface area contributed by atoms with Gasteiger partial charge in [-0.2, -0.15) is 0 Å². The van der Waals surface area contributed by atoms with Crippen LogP contribution in [0.3, 0.4) is 0 Å². The van der Waals surface area contributed by atoms with E-state index in [0.29, 0.717) is 44.5 Å². The molecule has 0 bridgehead atoms. The van der Waals surface area contributed by atoms with E-state index in [9.17, 15) is 14.9 Å². The molecule has 0 radical (unpaired) electrons. The van der Waals surface area contributed by atoms with Gasteiger partial charge in [0.25, 0.3) is 5.69 Å². The molecule has 0 spiro atoms. The summed E-state index contributed by atoms with van der Waals surface area (Å²) in [6.45, 7) is 3.85. The quantitative estimate of drug-likeness (QED) is 0.570. The molecule has 28 heavy (non-hydrogen) atoms. The number of likely N-dealkylation sites (tertiary alicyclic amines) is 1. The highest BCUT2D eigenvalue weighted by atomic mass is 32.1. The minimum atomic E-state index is -0.342. The van der Waals surface area contributed by atoms with Crippen LogP contribution in [0.4, 0.5) is 11.4 Å². The number of rotatable bonds is 5. The van der Waals surface area contributed by atoms with E-state index in [2.05, 4.69) is 22.4 Å². The number of hydrogen-bond acceptors (Lipinski definition) is 6. The number of benzene rings is 1. The summed E-state index contributed by atoms with van der Waals surface area (Å²) < 4.78 is 0. The van der Waals surface area contributed by atoms with E-state index < -0.39 is 0 Å². The second-order valence-electron chi connectivity index (χ2n) is 7.26. The zero-order chi connectivity index (χ0) is 19.5. The number of carbonyl (C=O) groups is 1. The van der Waals surface area contributed by atoms with Gasteiger partial charge in [0.2, 0.25) is 5.91 Å². The topological polar surface area (TPSA) is 69.9 Å². The summed E-state index contributed by atoms with van der Waals surface area (Å²) in [5, 5.41) is 13.4. The minimum Gasteiger partial charge on any atom is -0.362 e. The number of anilines is 1. The minimum absolute atomic E-state index is 0.123. The van der Waals surface area contributed by atoms with Gasteiger partial charge in [0.05, 0.1) is 11.5 Å². The molecule has 2 aliphatic rings. The summed E-state index contributed by atoms with van der Waals surface area (Å²) in [6.07, 6.45) is 2.24. The van der Waals surface area contributed by atoms with Gasteiger partial charge in [-0.1, -0.05) is 18.2 Å². The molecule has 148 valence electrons. The van der Waals surface area contributed by atoms with E-state index in [-0.39, 0.29) is 16.5 Å². The molecule has 3 heterocycles. The first-order chi connectivity index (χ1) is 13.6. The number of amides is 1. The third kappa shape index (κ3) is 3.88. The first kappa shape index (κ1) is 18.9. The number of nitro groups is 1. The molecule has 1 amide bonds. The average Bonchev–Trinajstić information content (AvgIpc) is 3.39. The number of carbonyl (C=O) groups excluding carboxylic acids is 1. The summed E-state index contributed by atoms with van der Waals surface area (Å²) >= 11 is 1.76. The molecule has 0 aliphatic carbocycles. The zero-order valence-electron chi connectivity index (χ0n) is 15.7. The molecule has 1 atom stereocenters. The Morgan fingerprint density at radius 2 is 1.89 bits per heavy atom. The van der Waals surface area contributed by atoms with Crippen molar-refractivity contribution in [2.45, 2.75) is 18.9 Å². The number of nitro benzene ring substituents is 1. The van der Waals surface area contributed by atoms with Gasteiger partial charge < -0.3 is 9.80 Å². The third-order valence-electron chi connectivity index (χ3n) is 5.63. The van der Waals surface area contributed by atoms with Crippen molar-refractivity contribution in [1.82, 2.24) is 9.80 Å². The molecule has 1 aromatic carbocycles. The van der Waals surface area contributed by atoms with Gasteiger partial charge in [-0.05, 0) is 36.9 Å². The number of nitrogens with zero attached hydrogens (tertiary/aromatic N) is 4. The Morgan fingerprint density at radius 3 is 2.61 bits per heavy atom.